The number of carbonyl (C=O) groups excluding carboxylic acids is 1. The van der Waals surface area contributed by atoms with E-state index in [1.54, 1.807) is 12.1 Å². The summed E-state index contributed by atoms with van der Waals surface area (Å²) in [5.41, 5.74) is 7.87. The van der Waals surface area contributed by atoms with Crippen molar-refractivity contribution in [1.29, 1.82) is 0 Å². The molecule has 0 aliphatic carbocycles. The van der Waals surface area contributed by atoms with Crippen LogP contribution in [-0.2, 0) is 11.3 Å². The Bertz CT molecular complexity index is 609. The van der Waals surface area contributed by atoms with Crippen molar-refractivity contribution in [3.05, 3.63) is 41.8 Å². The van der Waals surface area contributed by atoms with Crippen LogP contribution in [0.5, 0.6) is 0 Å². The monoisotopic (exact) mass is 288 g/mol. The minimum Gasteiger partial charge on any atom is -0.397 e. The summed E-state index contributed by atoms with van der Waals surface area (Å²) >= 11 is 0. The van der Waals surface area contributed by atoms with Gasteiger partial charge in [-0.15, -0.1) is 0 Å². The van der Waals surface area contributed by atoms with Crippen LogP contribution in [-0.4, -0.2) is 29.6 Å². The second kappa shape index (κ2) is 6.90. The van der Waals surface area contributed by atoms with Gasteiger partial charge in [0.25, 0.3) is 0 Å². The van der Waals surface area contributed by atoms with Gasteiger partial charge in [-0.25, -0.2) is 0 Å². The number of nitrogens with one attached hydrogen (secondary N) is 1. The molecule has 112 valence electrons. The predicted molar refractivity (Wildman–Crippen MR) is 81.7 cm³/mol. The summed E-state index contributed by atoms with van der Waals surface area (Å²) in [6.07, 6.45) is 0.391. The Balaban J connectivity index is 1.77. The highest BCUT2D eigenvalue weighted by atomic mass is 16.5. The molecule has 0 saturated carbocycles. The molecule has 0 fully saturated rings. The van der Waals surface area contributed by atoms with E-state index in [1.807, 2.05) is 37.1 Å². The van der Waals surface area contributed by atoms with Crippen LogP contribution in [0.3, 0.4) is 0 Å². The minimum atomic E-state index is -0.0592. The van der Waals surface area contributed by atoms with Crippen molar-refractivity contribution in [2.75, 3.05) is 24.6 Å². The topological polar surface area (TPSA) is 84.4 Å². The zero-order chi connectivity index (χ0) is 15.2. The van der Waals surface area contributed by atoms with Gasteiger partial charge in [-0.1, -0.05) is 17.3 Å². The van der Waals surface area contributed by atoms with E-state index in [0.29, 0.717) is 30.9 Å². The highest BCUT2D eigenvalue weighted by molar-refractivity contribution is 5.93. The fourth-order valence-corrected chi connectivity index (χ4v) is 1.96. The predicted octanol–water partition coefficient (Wildman–Crippen LogP) is 2.03. The zero-order valence-electron chi connectivity index (χ0n) is 12.3. The molecule has 6 nitrogen and oxygen atoms in total. The molecule has 21 heavy (non-hydrogen) atoms. The number of hydrogen-bond acceptors (Lipinski definition) is 5. The normalized spacial score (nSPS) is 10.8. The fourth-order valence-electron chi connectivity index (χ4n) is 1.96. The van der Waals surface area contributed by atoms with Crippen molar-refractivity contribution in [3.63, 3.8) is 0 Å². The minimum absolute atomic E-state index is 0.0592. The standard InChI is InChI=1S/C15H20N4O2/c1-11-9-12(18-21-11)10-19(2)8-7-15(20)17-14-6-4-3-5-13(14)16/h3-6,9H,7-8,10,16H2,1-2H3,(H,17,20). The Morgan fingerprint density at radius 1 is 1.43 bits per heavy atom. The van der Waals surface area contributed by atoms with Crippen LogP contribution in [0, 0.1) is 6.92 Å². The second-order valence-electron chi connectivity index (χ2n) is 5.05. The van der Waals surface area contributed by atoms with Crippen molar-refractivity contribution < 1.29 is 9.32 Å². The molecule has 0 saturated heterocycles. The Kier molecular flexibility index (Phi) is 4.94. The van der Waals surface area contributed by atoms with Crippen LogP contribution in [0.1, 0.15) is 17.9 Å². The first-order valence-corrected chi connectivity index (χ1v) is 6.79. The maximum atomic E-state index is 11.9. The number of nitrogens with two attached hydrogens (primary N) is 1. The van der Waals surface area contributed by atoms with Gasteiger partial charge in [-0.2, -0.15) is 0 Å². The maximum absolute atomic E-state index is 11.9. The summed E-state index contributed by atoms with van der Waals surface area (Å²) in [5.74, 6) is 0.728. The van der Waals surface area contributed by atoms with Crippen molar-refractivity contribution in [2.45, 2.75) is 19.9 Å². The quantitative estimate of drug-likeness (QED) is 0.794. The third-order valence-electron chi connectivity index (χ3n) is 3.06. The second-order valence-corrected chi connectivity index (χ2v) is 5.05. The Hall–Kier alpha value is -2.34. The molecule has 2 rings (SSSR count). The number of nitrogens with zero attached hydrogens (tertiary/aromatic N) is 2. The van der Waals surface area contributed by atoms with Gasteiger partial charge in [0.15, 0.2) is 0 Å². The van der Waals surface area contributed by atoms with E-state index < -0.39 is 0 Å². The van der Waals surface area contributed by atoms with E-state index in [2.05, 4.69) is 10.5 Å². The maximum Gasteiger partial charge on any atom is 0.225 e. The van der Waals surface area contributed by atoms with E-state index in [4.69, 9.17) is 10.3 Å². The molecule has 1 heterocycles. The average Bonchev–Trinajstić information content (AvgIpc) is 2.84. The van der Waals surface area contributed by atoms with Crippen molar-refractivity contribution >= 4 is 17.3 Å². The molecular weight excluding hydrogens is 268 g/mol. The number of aryl methyl sites for hydroxylation is 1. The summed E-state index contributed by atoms with van der Waals surface area (Å²) in [6.45, 7) is 3.14. The number of aromatic nitrogens is 1. The molecule has 0 atom stereocenters. The van der Waals surface area contributed by atoms with Crippen LogP contribution >= 0.6 is 0 Å². The number of para-hydroxylation sites is 2. The number of anilines is 2. The summed E-state index contributed by atoms with van der Waals surface area (Å²) in [5, 5.41) is 6.74. The van der Waals surface area contributed by atoms with Crippen molar-refractivity contribution in [2.24, 2.45) is 0 Å². The Morgan fingerprint density at radius 2 is 2.19 bits per heavy atom. The lowest BCUT2D eigenvalue weighted by molar-refractivity contribution is -0.116. The zero-order valence-corrected chi connectivity index (χ0v) is 12.3. The lowest BCUT2D eigenvalue weighted by Gasteiger charge is -2.14. The van der Waals surface area contributed by atoms with Crippen LogP contribution in [0.15, 0.2) is 34.9 Å². The molecule has 1 aromatic carbocycles. The van der Waals surface area contributed by atoms with Crippen molar-refractivity contribution in [1.82, 2.24) is 10.1 Å². The van der Waals surface area contributed by atoms with Gasteiger partial charge in [0.05, 0.1) is 17.1 Å². The third-order valence-corrected chi connectivity index (χ3v) is 3.06. The molecule has 6 heteroatoms. The molecule has 0 aliphatic heterocycles. The lowest BCUT2D eigenvalue weighted by Crippen LogP contribution is -2.24. The Labute approximate surface area is 123 Å². The molecule has 0 unspecified atom stereocenters. The fraction of sp³-hybridized carbons (Fsp3) is 0.333. The average molecular weight is 288 g/mol. The van der Waals surface area contributed by atoms with Gasteiger partial charge in [0.1, 0.15) is 5.76 Å². The van der Waals surface area contributed by atoms with Gasteiger partial charge in [-0.3, -0.25) is 9.69 Å². The third kappa shape index (κ3) is 4.61. The first kappa shape index (κ1) is 15.1. The first-order valence-electron chi connectivity index (χ1n) is 6.79. The number of nitrogen functional groups attached to an aromatic ring is 1. The summed E-state index contributed by atoms with van der Waals surface area (Å²) in [7, 11) is 1.94. The van der Waals surface area contributed by atoms with E-state index in [-0.39, 0.29) is 5.91 Å². The molecule has 1 aromatic heterocycles. The SMILES string of the molecule is Cc1cc(CN(C)CCC(=O)Nc2ccccc2N)no1. The largest absolute Gasteiger partial charge is 0.397 e. The van der Waals surface area contributed by atoms with Crippen LogP contribution in [0.25, 0.3) is 0 Å². The van der Waals surface area contributed by atoms with Crippen LogP contribution < -0.4 is 11.1 Å². The molecule has 1 amide bonds. The summed E-state index contributed by atoms with van der Waals surface area (Å²) in [6, 6.07) is 9.11. The first-order chi connectivity index (χ1) is 10.0. The van der Waals surface area contributed by atoms with E-state index in [9.17, 15) is 4.79 Å². The van der Waals surface area contributed by atoms with Gasteiger partial charge < -0.3 is 15.6 Å². The molecule has 0 bridgehead atoms. The van der Waals surface area contributed by atoms with E-state index in [0.717, 1.165) is 11.5 Å². The molecular formula is C15H20N4O2. The Morgan fingerprint density at radius 3 is 2.86 bits per heavy atom. The smallest absolute Gasteiger partial charge is 0.225 e. The number of benzene rings is 1. The number of amides is 1. The molecule has 0 spiro atoms. The highest BCUT2D eigenvalue weighted by Crippen LogP contribution is 2.16. The molecule has 3 N–H and O–H groups in total. The number of hydrogen-bond donors (Lipinski definition) is 2. The lowest BCUT2D eigenvalue weighted by atomic mass is 10.2. The van der Waals surface area contributed by atoms with E-state index >= 15 is 0 Å². The van der Waals surface area contributed by atoms with Crippen LogP contribution in [0.2, 0.25) is 0 Å². The highest BCUT2D eigenvalue weighted by Gasteiger charge is 2.09. The summed E-state index contributed by atoms with van der Waals surface area (Å²) in [4.78, 5) is 13.9. The molecule has 0 aliphatic rings. The van der Waals surface area contributed by atoms with Gasteiger partial charge in [0, 0.05) is 25.6 Å². The molecule has 0 radical (unpaired) electrons. The van der Waals surface area contributed by atoms with Gasteiger partial charge in [-0.05, 0) is 26.1 Å². The summed E-state index contributed by atoms with van der Waals surface area (Å²) < 4.78 is 5.01. The number of carbonyl (C=O) groups is 1. The van der Waals surface area contributed by atoms with Crippen LogP contribution in [0.4, 0.5) is 11.4 Å². The number of rotatable bonds is 6. The van der Waals surface area contributed by atoms with E-state index in [1.165, 1.54) is 0 Å². The van der Waals surface area contributed by atoms with Gasteiger partial charge in [0.2, 0.25) is 5.91 Å². The van der Waals surface area contributed by atoms with Crippen molar-refractivity contribution in [3.8, 4) is 0 Å². The van der Waals surface area contributed by atoms with Gasteiger partial charge >= 0.3 is 0 Å². The molecule has 2 aromatic rings.